The Morgan fingerprint density at radius 3 is 2.06 bits per heavy atom. The van der Waals surface area contributed by atoms with Crippen LogP contribution in [0.5, 0.6) is 0 Å². The van der Waals surface area contributed by atoms with E-state index in [4.69, 9.17) is 9.47 Å². The predicted molar refractivity (Wildman–Crippen MR) is 141 cm³/mol. The van der Waals surface area contributed by atoms with E-state index in [0.29, 0.717) is 32.0 Å². The zero-order chi connectivity index (χ0) is 27.0. The Morgan fingerprint density at radius 1 is 1.06 bits per heavy atom. The number of anilines is 1. The number of carbonyl (C=O) groups is 2. The number of hydrogen-bond donors (Lipinski definition) is 2. The van der Waals surface area contributed by atoms with Crippen LogP contribution >= 0.6 is 0 Å². The minimum atomic E-state index is -4.35. The summed E-state index contributed by atoms with van der Waals surface area (Å²) in [4.78, 5) is 27.3. The molecule has 0 spiro atoms. The van der Waals surface area contributed by atoms with Crippen LogP contribution < -0.4 is 10.0 Å². The highest BCUT2D eigenvalue weighted by Gasteiger charge is 2.27. The molecule has 1 heterocycles. The minimum absolute atomic E-state index is 0. The van der Waals surface area contributed by atoms with Gasteiger partial charge in [-0.15, -0.1) is 0 Å². The maximum Gasteiger partial charge on any atom is 0.333 e. The fraction of sp³-hybridized carbons (Fsp3) is 0.542. The number of urea groups is 1. The molecule has 0 atom stereocenters. The molecule has 2 aromatic rings. The van der Waals surface area contributed by atoms with Crippen molar-refractivity contribution in [3.05, 3.63) is 41.1 Å². The lowest BCUT2D eigenvalue weighted by molar-refractivity contribution is 0.0617. The Bertz CT molecular complexity index is 1140. The predicted octanol–water partition coefficient (Wildman–Crippen LogP) is 3.40. The van der Waals surface area contributed by atoms with E-state index in [-0.39, 0.29) is 20.4 Å². The van der Waals surface area contributed by atoms with Crippen LogP contribution in [-0.4, -0.2) is 75.6 Å². The van der Waals surface area contributed by atoms with Gasteiger partial charge in [0.25, 0.3) is 15.9 Å². The zero-order valence-corrected chi connectivity index (χ0v) is 22.8. The molecule has 1 aromatic heterocycles. The molecule has 0 bridgehead atoms. The SMILES string of the molecule is COCCN(CCOC)C(=O)c1cc(S(=O)(=O)NC(=O)Nc2c(C(C)C)cccc2C(C)C)nn1C.[HH].[HH]. The van der Waals surface area contributed by atoms with Gasteiger partial charge in [-0.3, -0.25) is 9.48 Å². The molecule has 0 aliphatic rings. The zero-order valence-electron chi connectivity index (χ0n) is 22.0. The van der Waals surface area contributed by atoms with E-state index in [9.17, 15) is 18.0 Å². The minimum Gasteiger partial charge on any atom is -0.383 e. The normalized spacial score (nSPS) is 11.7. The summed E-state index contributed by atoms with van der Waals surface area (Å²) in [5.41, 5.74) is 2.42. The summed E-state index contributed by atoms with van der Waals surface area (Å²) >= 11 is 0. The molecule has 36 heavy (non-hydrogen) atoms. The first-order chi connectivity index (χ1) is 16.9. The third-order valence-electron chi connectivity index (χ3n) is 5.61. The molecule has 0 fully saturated rings. The van der Waals surface area contributed by atoms with Crippen LogP contribution in [0.25, 0.3) is 0 Å². The first-order valence-corrected chi connectivity index (χ1v) is 13.2. The molecule has 11 nitrogen and oxygen atoms in total. The van der Waals surface area contributed by atoms with E-state index in [1.165, 1.54) is 30.8 Å². The van der Waals surface area contributed by atoms with Gasteiger partial charge < -0.3 is 19.7 Å². The molecule has 204 valence electrons. The molecule has 0 saturated heterocycles. The third kappa shape index (κ3) is 7.28. The number of rotatable bonds is 12. The van der Waals surface area contributed by atoms with E-state index in [2.05, 4.69) is 10.4 Å². The first-order valence-electron chi connectivity index (χ1n) is 11.7. The molecule has 0 radical (unpaired) electrons. The van der Waals surface area contributed by atoms with Crippen molar-refractivity contribution in [3.63, 3.8) is 0 Å². The number of nitrogens with one attached hydrogen (secondary N) is 2. The largest absolute Gasteiger partial charge is 0.383 e. The topological polar surface area (TPSA) is 132 Å². The summed E-state index contributed by atoms with van der Waals surface area (Å²) in [5.74, 6) is -0.212. The molecule has 2 N–H and O–H groups in total. The number of aromatic nitrogens is 2. The number of amides is 3. The van der Waals surface area contributed by atoms with Crippen molar-refractivity contribution in [2.45, 2.75) is 44.6 Å². The Labute approximate surface area is 216 Å². The van der Waals surface area contributed by atoms with Gasteiger partial charge in [0.15, 0.2) is 5.03 Å². The second-order valence-electron chi connectivity index (χ2n) is 8.95. The van der Waals surface area contributed by atoms with E-state index < -0.39 is 27.0 Å². The summed E-state index contributed by atoms with van der Waals surface area (Å²) in [5, 5.41) is 6.24. The Kier molecular flexibility index (Phi) is 10.4. The number of hydrogen-bond acceptors (Lipinski definition) is 7. The highest BCUT2D eigenvalue weighted by molar-refractivity contribution is 7.90. The molecule has 0 saturated carbocycles. The van der Waals surface area contributed by atoms with Crippen LogP contribution in [0.1, 0.15) is 64.0 Å². The van der Waals surface area contributed by atoms with Gasteiger partial charge in [-0.05, 0) is 23.0 Å². The molecule has 2 rings (SSSR count). The lowest BCUT2D eigenvalue weighted by Gasteiger charge is -2.21. The Balaban J connectivity index is 0.00000684. The number of ether oxygens (including phenoxy) is 2. The summed E-state index contributed by atoms with van der Waals surface area (Å²) in [7, 11) is 0.152. The molecule has 0 unspecified atom stereocenters. The number of aryl methyl sites for hydroxylation is 1. The van der Waals surface area contributed by atoms with Crippen LogP contribution in [0, 0.1) is 0 Å². The number of nitrogens with zero attached hydrogens (tertiary/aromatic N) is 3. The lowest BCUT2D eigenvalue weighted by atomic mass is 9.93. The maximum absolute atomic E-state index is 13.0. The van der Waals surface area contributed by atoms with Gasteiger partial charge in [-0.1, -0.05) is 45.9 Å². The van der Waals surface area contributed by atoms with Crippen molar-refractivity contribution in [2.24, 2.45) is 7.05 Å². The van der Waals surface area contributed by atoms with E-state index in [1.54, 1.807) is 0 Å². The molecule has 0 aliphatic carbocycles. The fourth-order valence-corrected chi connectivity index (χ4v) is 4.56. The van der Waals surface area contributed by atoms with E-state index >= 15 is 0 Å². The average Bonchev–Trinajstić information content (AvgIpc) is 3.20. The van der Waals surface area contributed by atoms with E-state index in [1.807, 2.05) is 50.6 Å². The first kappa shape index (κ1) is 29.3. The molecule has 12 heteroatoms. The fourth-order valence-electron chi connectivity index (χ4n) is 3.66. The third-order valence-corrected chi connectivity index (χ3v) is 6.81. The van der Waals surface area contributed by atoms with Gasteiger partial charge in [0.05, 0.1) is 13.2 Å². The van der Waals surface area contributed by atoms with Gasteiger partial charge in [0.2, 0.25) is 0 Å². The van der Waals surface area contributed by atoms with Crippen LogP contribution in [0.3, 0.4) is 0 Å². The van der Waals surface area contributed by atoms with Gasteiger partial charge in [-0.25, -0.2) is 9.52 Å². The van der Waals surface area contributed by atoms with Gasteiger partial charge in [0, 0.05) is 49.0 Å². The Morgan fingerprint density at radius 2 is 1.58 bits per heavy atom. The molecule has 3 amide bonds. The monoisotopic (exact) mass is 527 g/mol. The molecule has 0 aliphatic heterocycles. The van der Waals surface area contributed by atoms with Crippen LogP contribution in [0.15, 0.2) is 29.3 Å². The number of carbonyl (C=O) groups excluding carboxylic acids is 2. The Hall–Kier alpha value is -2.96. The van der Waals surface area contributed by atoms with E-state index in [0.717, 1.165) is 17.2 Å². The maximum atomic E-state index is 13.0. The quantitative estimate of drug-likeness (QED) is 0.432. The van der Waals surface area contributed by atoms with Crippen molar-refractivity contribution in [3.8, 4) is 0 Å². The van der Waals surface area contributed by atoms with Crippen molar-refractivity contribution in [2.75, 3.05) is 45.8 Å². The number of para-hydroxylation sites is 1. The van der Waals surface area contributed by atoms with Crippen molar-refractivity contribution in [1.29, 1.82) is 0 Å². The van der Waals surface area contributed by atoms with Crippen LogP contribution in [0.2, 0.25) is 0 Å². The van der Waals surface area contributed by atoms with Crippen molar-refractivity contribution in [1.82, 2.24) is 19.4 Å². The number of benzene rings is 1. The summed E-state index contributed by atoms with van der Waals surface area (Å²) in [6, 6.07) is 5.95. The van der Waals surface area contributed by atoms with Gasteiger partial charge in [0.1, 0.15) is 5.69 Å². The smallest absolute Gasteiger partial charge is 0.333 e. The van der Waals surface area contributed by atoms with Crippen molar-refractivity contribution >= 4 is 27.6 Å². The average molecular weight is 528 g/mol. The van der Waals surface area contributed by atoms with Crippen LogP contribution in [-0.2, 0) is 26.5 Å². The lowest BCUT2D eigenvalue weighted by Crippen LogP contribution is -2.37. The number of methoxy groups -OCH3 is 2. The molecular weight excluding hydrogens is 486 g/mol. The second kappa shape index (κ2) is 12.8. The highest BCUT2D eigenvalue weighted by atomic mass is 32.2. The van der Waals surface area contributed by atoms with Gasteiger partial charge in [-0.2, -0.15) is 13.5 Å². The summed E-state index contributed by atoms with van der Waals surface area (Å²) in [6.45, 7) is 9.16. The van der Waals surface area contributed by atoms with Crippen molar-refractivity contribution < 1.29 is 30.3 Å². The standard InChI is InChI=1S/C24H37N5O6S.2H2/c1-16(2)18-9-8-10-19(17(3)4)22(18)25-24(31)27-36(32,33)21-15-20(28(5)26-21)23(30)29(11-13-34-6)12-14-35-7;;/h8-10,15-17H,11-14H2,1-7H3,(H2,25,27,31);2*1H. The second-order valence-corrected chi connectivity index (χ2v) is 10.6. The molecular formula is C24H41N5O6S. The highest BCUT2D eigenvalue weighted by Crippen LogP contribution is 2.32. The summed E-state index contributed by atoms with van der Waals surface area (Å²) in [6.07, 6.45) is 0. The van der Waals surface area contributed by atoms with Gasteiger partial charge >= 0.3 is 6.03 Å². The number of sulfonamides is 1. The van der Waals surface area contributed by atoms with Crippen LogP contribution in [0.4, 0.5) is 10.5 Å². The summed E-state index contributed by atoms with van der Waals surface area (Å²) < 4.78 is 39.2. The molecule has 1 aromatic carbocycles.